The molecule has 0 spiro atoms. The molecule has 0 N–H and O–H groups in total. The normalized spacial score (nSPS) is 10.1. The summed E-state index contributed by atoms with van der Waals surface area (Å²) < 4.78 is 4.47. The van der Waals surface area contributed by atoms with Crippen LogP contribution in [0.1, 0.15) is 31.9 Å². The Labute approximate surface area is 119 Å². The van der Waals surface area contributed by atoms with E-state index in [1.54, 1.807) is 6.20 Å². The Morgan fingerprint density at radius 1 is 1.05 bits per heavy atom. The van der Waals surface area contributed by atoms with Crippen molar-refractivity contribution >= 4 is 10.8 Å². The predicted octanol–water partition coefficient (Wildman–Crippen LogP) is 4.64. The van der Waals surface area contributed by atoms with Crippen molar-refractivity contribution in [2.75, 3.05) is 0 Å². The van der Waals surface area contributed by atoms with Crippen molar-refractivity contribution in [1.29, 1.82) is 0 Å². The highest BCUT2D eigenvalue weighted by atomic mass is 16.3. The maximum atomic E-state index is 4.48. The Kier molecular flexibility index (Phi) is 5.77. The van der Waals surface area contributed by atoms with Crippen LogP contribution in [0.5, 0.6) is 0 Å². The summed E-state index contributed by atoms with van der Waals surface area (Å²) in [6.07, 6.45) is 11.3. The molecule has 3 rings (SSSR count). The molecule has 2 aromatic heterocycles. The van der Waals surface area contributed by atoms with E-state index in [4.69, 9.17) is 0 Å². The first-order valence-electron chi connectivity index (χ1n) is 7.06. The Morgan fingerprint density at radius 2 is 1.95 bits per heavy atom. The van der Waals surface area contributed by atoms with Gasteiger partial charge in [-0.2, -0.15) is 0 Å². The third-order valence-electron chi connectivity index (χ3n) is 3.12. The van der Waals surface area contributed by atoms with E-state index in [1.807, 2.05) is 6.20 Å². The van der Waals surface area contributed by atoms with E-state index in [9.17, 15) is 0 Å². The number of benzene rings is 1. The summed E-state index contributed by atoms with van der Waals surface area (Å²) in [6, 6.07) is 10.6. The zero-order valence-corrected chi connectivity index (χ0v) is 11.8. The van der Waals surface area contributed by atoms with Crippen LogP contribution in [0.2, 0.25) is 0 Å². The molecule has 0 bridgehead atoms. The summed E-state index contributed by atoms with van der Waals surface area (Å²) >= 11 is 0. The second-order valence-corrected chi connectivity index (χ2v) is 4.61. The van der Waals surface area contributed by atoms with Gasteiger partial charge in [-0.15, -0.1) is 0 Å². The molecule has 0 saturated carbocycles. The molecule has 0 amide bonds. The smallest absolute Gasteiger partial charge is 0.180 e. The van der Waals surface area contributed by atoms with Crippen LogP contribution in [0.4, 0.5) is 0 Å². The number of nitrogens with zero attached hydrogens (tertiary/aromatic N) is 2. The first-order valence-corrected chi connectivity index (χ1v) is 7.06. The minimum absolute atomic E-state index is 1.11. The first kappa shape index (κ1) is 14.3. The molecule has 3 nitrogen and oxygen atoms in total. The van der Waals surface area contributed by atoms with Gasteiger partial charge in [-0.1, -0.05) is 44.0 Å². The SMILES string of the molecule is CCCCCc1nccc2ccccc12.c1cocn1. The summed E-state index contributed by atoms with van der Waals surface area (Å²) in [7, 11) is 0. The number of unbranched alkanes of at least 4 members (excludes halogenated alkanes) is 2. The number of rotatable bonds is 4. The Balaban J connectivity index is 0.000000247. The number of hydrogen-bond acceptors (Lipinski definition) is 3. The van der Waals surface area contributed by atoms with Crippen LogP contribution in [-0.2, 0) is 6.42 Å². The summed E-state index contributed by atoms with van der Waals surface area (Å²) in [6.45, 7) is 2.23. The molecular formula is C17H20N2O. The van der Waals surface area contributed by atoms with Crippen LogP contribution in [0.3, 0.4) is 0 Å². The fourth-order valence-corrected chi connectivity index (χ4v) is 2.10. The Morgan fingerprint density at radius 3 is 2.65 bits per heavy atom. The van der Waals surface area contributed by atoms with Gasteiger partial charge in [-0.05, 0) is 24.3 Å². The van der Waals surface area contributed by atoms with Gasteiger partial charge in [0.25, 0.3) is 0 Å². The van der Waals surface area contributed by atoms with Crippen molar-refractivity contribution in [3.8, 4) is 0 Å². The predicted molar refractivity (Wildman–Crippen MR) is 81.5 cm³/mol. The largest absolute Gasteiger partial charge is 0.452 e. The van der Waals surface area contributed by atoms with Crippen molar-refractivity contribution in [3.63, 3.8) is 0 Å². The number of fused-ring (bicyclic) bond motifs is 1. The quantitative estimate of drug-likeness (QED) is 0.647. The zero-order valence-electron chi connectivity index (χ0n) is 11.8. The minimum Gasteiger partial charge on any atom is -0.452 e. The van der Waals surface area contributed by atoms with Crippen LogP contribution in [0.15, 0.2) is 59.8 Å². The van der Waals surface area contributed by atoms with Gasteiger partial charge in [0.1, 0.15) is 6.26 Å². The molecule has 3 heteroatoms. The Bertz CT molecular complexity index is 583. The second kappa shape index (κ2) is 8.10. The lowest BCUT2D eigenvalue weighted by Gasteiger charge is -2.04. The highest BCUT2D eigenvalue weighted by Gasteiger charge is 2.00. The van der Waals surface area contributed by atoms with E-state index in [1.165, 1.54) is 48.4 Å². The molecule has 0 fully saturated rings. The minimum atomic E-state index is 1.11. The maximum Gasteiger partial charge on any atom is 0.180 e. The number of pyridine rings is 1. The fraction of sp³-hybridized carbons (Fsp3) is 0.294. The summed E-state index contributed by atoms with van der Waals surface area (Å²) in [5.41, 5.74) is 1.25. The summed E-state index contributed by atoms with van der Waals surface area (Å²) in [5.74, 6) is 0. The monoisotopic (exact) mass is 268 g/mol. The number of hydrogen-bond donors (Lipinski definition) is 0. The molecular weight excluding hydrogens is 248 g/mol. The number of oxazole rings is 1. The van der Waals surface area contributed by atoms with Gasteiger partial charge < -0.3 is 4.42 Å². The van der Waals surface area contributed by atoms with E-state index in [-0.39, 0.29) is 0 Å². The molecule has 0 radical (unpaired) electrons. The number of aryl methyl sites for hydroxylation is 1. The van der Waals surface area contributed by atoms with Crippen molar-refractivity contribution in [2.24, 2.45) is 0 Å². The van der Waals surface area contributed by atoms with Gasteiger partial charge in [0.15, 0.2) is 6.39 Å². The van der Waals surface area contributed by atoms with Gasteiger partial charge in [-0.3, -0.25) is 4.98 Å². The van der Waals surface area contributed by atoms with Gasteiger partial charge >= 0.3 is 0 Å². The van der Waals surface area contributed by atoms with E-state index in [0.29, 0.717) is 0 Å². The van der Waals surface area contributed by atoms with Crippen molar-refractivity contribution in [3.05, 3.63) is 61.1 Å². The molecule has 2 heterocycles. The lowest BCUT2D eigenvalue weighted by molar-refractivity contribution is 0.558. The number of aromatic nitrogens is 2. The molecule has 0 aliphatic rings. The summed E-state index contributed by atoms with van der Waals surface area (Å²) in [4.78, 5) is 8.03. The van der Waals surface area contributed by atoms with E-state index in [2.05, 4.69) is 51.6 Å². The van der Waals surface area contributed by atoms with Crippen LogP contribution >= 0.6 is 0 Å². The Hall–Kier alpha value is -2.16. The average molecular weight is 268 g/mol. The molecule has 0 unspecified atom stereocenters. The molecule has 3 aromatic rings. The highest BCUT2D eigenvalue weighted by Crippen LogP contribution is 2.17. The lowest BCUT2D eigenvalue weighted by Crippen LogP contribution is -1.91. The van der Waals surface area contributed by atoms with E-state index < -0.39 is 0 Å². The fourth-order valence-electron chi connectivity index (χ4n) is 2.10. The topological polar surface area (TPSA) is 38.9 Å². The van der Waals surface area contributed by atoms with Crippen LogP contribution < -0.4 is 0 Å². The van der Waals surface area contributed by atoms with Gasteiger partial charge in [0.05, 0.1) is 6.20 Å². The van der Waals surface area contributed by atoms with E-state index >= 15 is 0 Å². The zero-order chi connectivity index (χ0) is 14.0. The van der Waals surface area contributed by atoms with Crippen molar-refractivity contribution < 1.29 is 4.42 Å². The van der Waals surface area contributed by atoms with Crippen molar-refractivity contribution in [1.82, 2.24) is 9.97 Å². The van der Waals surface area contributed by atoms with Crippen molar-refractivity contribution in [2.45, 2.75) is 32.6 Å². The molecule has 1 aromatic carbocycles. The van der Waals surface area contributed by atoms with Crippen LogP contribution in [0.25, 0.3) is 10.8 Å². The second-order valence-electron chi connectivity index (χ2n) is 4.61. The molecule has 0 saturated heterocycles. The maximum absolute atomic E-state index is 4.48. The third-order valence-corrected chi connectivity index (χ3v) is 3.12. The van der Waals surface area contributed by atoms with E-state index in [0.717, 1.165) is 6.42 Å². The lowest BCUT2D eigenvalue weighted by atomic mass is 10.1. The third kappa shape index (κ3) is 4.19. The van der Waals surface area contributed by atoms with Gasteiger partial charge in [-0.25, -0.2) is 4.98 Å². The summed E-state index contributed by atoms with van der Waals surface area (Å²) in [5, 5.41) is 2.62. The molecule has 0 aliphatic carbocycles. The van der Waals surface area contributed by atoms with Gasteiger partial charge in [0.2, 0.25) is 0 Å². The van der Waals surface area contributed by atoms with Gasteiger partial charge in [0, 0.05) is 17.3 Å². The standard InChI is InChI=1S/C14H17N.C3H3NO/c1-2-3-4-9-14-13-8-6-5-7-12(13)10-11-15-14;1-2-5-3-4-1/h5-8,10-11H,2-4,9H2,1H3;1-3H. The molecule has 104 valence electrons. The molecule has 0 atom stereocenters. The average Bonchev–Trinajstić information content (AvgIpc) is 3.07. The van der Waals surface area contributed by atoms with Crippen LogP contribution in [-0.4, -0.2) is 9.97 Å². The van der Waals surface area contributed by atoms with Crippen LogP contribution in [0, 0.1) is 0 Å². The first-order chi connectivity index (χ1) is 9.92. The highest BCUT2D eigenvalue weighted by molar-refractivity contribution is 5.84. The molecule has 20 heavy (non-hydrogen) atoms. The molecule has 0 aliphatic heterocycles.